The third-order valence-electron chi connectivity index (χ3n) is 1.99. The fourth-order valence-electron chi connectivity index (χ4n) is 1.35. The van der Waals surface area contributed by atoms with E-state index in [1.165, 1.54) is 25.3 Å². The summed E-state index contributed by atoms with van der Waals surface area (Å²) in [7, 11) is 0. The van der Waals surface area contributed by atoms with Gasteiger partial charge >= 0.3 is 0 Å². The normalized spacial score (nSPS) is 19.2. The lowest BCUT2D eigenvalue weighted by atomic mass is 10.1. The van der Waals surface area contributed by atoms with E-state index in [0.29, 0.717) is 0 Å². The van der Waals surface area contributed by atoms with Gasteiger partial charge in [0.2, 0.25) is 0 Å². The van der Waals surface area contributed by atoms with E-state index in [9.17, 15) is 4.79 Å². The zero-order chi connectivity index (χ0) is 8.65. The second-order valence-electron chi connectivity index (χ2n) is 2.96. The highest BCUT2D eigenvalue weighted by molar-refractivity contribution is 5.65. The fourth-order valence-corrected chi connectivity index (χ4v) is 1.35. The molecule has 0 atom stereocenters. The average molecular weight is 165 g/mol. The van der Waals surface area contributed by atoms with E-state index in [-0.39, 0.29) is 0 Å². The van der Waals surface area contributed by atoms with Crippen molar-refractivity contribution in [3.8, 4) is 0 Å². The van der Waals surface area contributed by atoms with Crippen LogP contribution in [0.25, 0.3) is 0 Å². The van der Waals surface area contributed by atoms with Crippen LogP contribution < -0.4 is 0 Å². The van der Waals surface area contributed by atoms with Gasteiger partial charge < -0.3 is 4.90 Å². The van der Waals surface area contributed by atoms with E-state index in [2.05, 4.69) is 11.1 Å². The SMILES string of the molecule is O=CC=CC=CN1CCCCC1. The van der Waals surface area contributed by atoms with Crippen molar-refractivity contribution in [1.82, 2.24) is 4.90 Å². The minimum absolute atomic E-state index is 0.792. The fraction of sp³-hybridized carbons (Fsp3) is 0.500. The summed E-state index contributed by atoms with van der Waals surface area (Å²) < 4.78 is 0. The standard InChI is InChI=1S/C10H15NO/c12-10-6-2-5-9-11-7-3-1-4-8-11/h2,5-6,9-10H,1,3-4,7-8H2. The molecule has 0 amide bonds. The van der Waals surface area contributed by atoms with Crippen molar-refractivity contribution in [1.29, 1.82) is 0 Å². The molecule has 0 spiro atoms. The molecule has 66 valence electrons. The predicted octanol–water partition coefficient (Wildman–Crippen LogP) is 1.74. The molecular weight excluding hydrogens is 150 g/mol. The Morgan fingerprint density at radius 1 is 0.917 bits per heavy atom. The third kappa shape index (κ3) is 3.37. The molecule has 1 saturated heterocycles. The summed E-state index contributed by atoms with van der Waals surface area (Å²) in [5, 5.41) is 0. The van der Waals surface area contributed by atoms with Gasteiger partial charge in [0, 0.05) is 13.1 Å². The van der Waals surface area contributed by atoms with Crippen LogP contribution in [0, 0.1) is 0 Å². The first-order valence-electron chi connectivity index (χ1n) is 4.46. The molecule has 0 aromatic heterocycles. The maximum atomic E-state index is 9.92. The van der Waals surface area contributed by atoms with Gasteiger partial charge in [0.1, 0.15) is 6.29 Å². The van der Waals surface area contributed by atoms with Gasteiger partial charge in [-0.25, -0.2) is 0 Å². The highest BCUT2D eigenvalue weighted by atomic mass is 16.1. The van der Waals surface area contributed by atoms with E-state index in [1.54, 1.807) is 6.08 Å². The van der Waals surface area contributed by atoms with Gasteiger partial charge in [0.15, 0.2) is 0 Å². The van der Waals surface area contributed by atoms with Crippen molar-refractivity contribution in [2.45, 2.75) is 19.3 Å². The van der Waals surface area contributed by atoms with Gasteiger partial charge in [-0.2, -0.15) is 0 Å². The number of likely N-dealkylation sites (tertiary alicyclic amines) is 1. The number of piperidine rings is 1. The van der Waals surface area contributed by atoms with Crippen LogP contribution in [0.4, 0.5) is 0 Å². The van der Waals surface area contributed by atoms with Gasteiger partial charge in [-0.3, -0.25) is 4.79 Å². The number of carbonyl (C=O) groups excluding carboxylic acids is 1. The summed E-state index contributed by atoms with van der Waals surface area (Å²) in [5.41, 5.74) is 0. The molecule has 1 heterocycles. The number of carbonyl (C=O) groups is 1. The molecule has 0 aromatic rings. The zero-order valence-electron chi connectivity index (χ0n) is 7.28. The number of nitrogens with zero attached hydrogens (tertiary/aromatic N) is 1. The van der Waals surface area contributed by atoms with Crippen molar-refractivity contribution in [2.75, 3.05) is 13.1 Å². The van der Waals surface area contributed by atoms with E-state index >= 15 is 0 Å². The van der Waals surface area contributed by atoms with Crippen molar-refractivity contribution in [3.05, 3.63) is 24.4 Å². The molecule has 12 heavy (non-hydrogen) atoms. The van der Waals surface area contributed by atoms with E-state index in [0.717, 1.165) is 19.4 Å². The molecule has 1 aliphatic heterocycles. The second-order valence-corrected chi connectivity index (χ2v) is 2.96. The van der Waals surface area contributed by atoms with Crippen LogP contribution in [-0.2, 0) is 4.79 Å². The zero-order valence-corrected chi connectivity index (χ0v) is 7.28. The minimum atomic E-state index is 0.792. The third-order valence-corrected chi connectivity index (χ3v) is 1.99. The van der Waals surface area contributed by atoms with Crippen molar-refractivity contribution < 1.29 is 4.79 Å². The first-order chi connectivity index (χ1) is 5.93. The Morgan fingerprint density at radius 2 is 1.67 bits per heavy atom. The summed E-state index contributed by atoms with van der Waals surface area (Å²) in [5.74, 6) is 0. The molecule has 2 heteroatoms. The summed E-state index contributed by atoms with van der Waals surface area (Å²) >= 11 is 0. The molecule has 2 nitrogen and oxygen atoms in total. The highest BCUT2D eigenvalue weighted by Crippen LogP contribution is 2.08. The number of rotatable bonds is 3. The van der Waals surface area contributed by atoms with Crippen LogP contribution in [0.15, 0.2) is 24.4 Å². The molecule has 0 aromatic carbocycles. The van der Waals surface area contributed by atoms with Gasteiger partial charge in [-0.1, -0.05) is 6.08 Å². The Morgan fingerprint density at radius 3 is 2.33 bits per heavy atom. The molecule has 1 fully saturated rings. The van der Waals surface area contributed by atoms with E-state index in [4.69, 9.17) is 0 Å². The Bertz CT molecular complexity index is 178. The van der Waals surface area contributed by atoms with Crippen molar-refractivity contribution in [3.63, 3.8) is 0 Å². The van der Waals surface area contributed by atoms with Gasteiger partial charge in [-0.05, 0) is 37.6 Å². The Labute approximate surface area is 73.6 Å². The summed E-state index contributed by atoms with van der Waals surface area (Å²) in [4.78, 5) is 12.2. The van der Waals surface area contributed by atoms with Crippen molar-refractivity contribution in [2.24, 2.45) is 0 Å². The van der Waals surface area contributed by atoms with Gasteiger partial charge in [0.05, 0.1) is 0 Å². The lowest BCUT2D eigenvalue weighted by molar-refractivity contribution is -0.104. The predicted molar refractivity (Wildman–Crippen MR) is 49.8 cm³/mol. The van der Waals surface area contributed by atoms with E-state index < -0.39 is 0 Å². The molecule has 0 bridgehead atoms. The maximum absolute atomic E-state index is 9.92. The molecule has 0 aliphatic carbocycles. The first-order valence-corrected chi connectivity index (χ1v) is 4.46. The molecule has 1 rings (SSSR count). The lowest BCUT2D eigenvalue weighted by Crippen LogP contribution is -2.23. The Kier molecular flexibility index (Phi) is 4.21. The highest BCUT2D eigenvalue weighted by Gasteiger charge is 2.03. The Balaban J connectivity index is 2.23. The van der Waals surface area contributed by atoms with E-state index in [1.807, 2.05) is 6.08 Å². The average Bonchev–Trinajstić information content (AvgIpc) is 2.14. The molecular formula is C10H15NO. The minimum Gasteiger partial charge on any atom is -0.377 e. The number of allylic oxidation sites excluding steroid dienone is 3. The topological polar surface area (TPSA) is 20.3 Å². The first kappa shape index (κ1) is 9.04. The van der Waals surface area contributed by atoms with Gasteiger partial charge in [0.25, 0.3) is 0 Å². The van der Waals surface area contributed by atoms with Crippen LogP contribution in [0.5, 0.6) is 0 Å². The lowest BCUT2D eigenvalue weighted by Gasteiger charge is -2.24. The van der Waals surface area contributed by atoms with Gasteiger partial charge in [-0.15, -0.1) is 0 Å². The molecule has 0 unspecified atom stereocenters. The van der Waals surface area contributed by atoms with Crippen LogP contribution in [0.2, 0.25) is 0 Å². The second kappa shape index (κ2) is 5.58. The Hall–Kier alpha value is -1.05. The number of hydrogen-bond acceptors (Lipinski definition) is 2. The van der Waals surface area contributed by atoms with Crippen LogP contribution in [0.3, 0.4) is 0 Å². The summed E-state index contributed by atoms with van der Waals surface area (Å²) in [6.45, 7) is 2.32. The summed E-state index contributed by atoms with van der Waals surface area (Å²) in [6, 6.07) is 0. The quantitative estimate of drug-likeness (QED) is 0.360. The maximum Gasteiger partial charge on any atom is 0.142 e. The molecule has 0 N–H and O–H groups in total. The summed E-state index contributed by atoms with van der Waals surface area (Å²) in [6.07, 6.45) is 12.0. The smallest absolute Gasteiger partial charge is 0.142 e. The molecule has 1 aliphatic rings. The van der Waals surface area contributed by atoms with Crippen LogP contribution in [0.1, 0.15) is 19.3 Å². The van der Waals surface area contributed by atoms with Crippen LogP contribution >= 0.6 is 0 Å². The number of aldehydes is 1. The molecule has 0 saturated carbocycles. The molecule has 0 radical (unpaired) electrons. The monoisotopic (exact) mass is 165 g/mol. The van der Waals surface area contributed by atoms with Crippen molar-refractivity contribution >= 4 is 6.29 Å². The number of hydrogen-bond donors (Lipinski definition) is 0. The van der Waals surface area contributed by atoms with Crippen LogP contribution in [-0.4, -0.2) is 24.3 Å². The largest absolute Gasteiger partial charge is 0.377 e.